The molecule has 0 aliphatic carbocycles. The lowest BCUT2D eigenvalue weighted by atomic mass is 10.00. The minimum atomic E-state index is -0.305. The van der Waals surface area contributed by atoms with Crippen LogP contribution in [0.2, 0.25) is 0 Å². The fourth-order valence-electron chi connectivity index (χ4n) is 3.15. The van der Waals surface area contributed by atoms with E-state index in [0.29, 0.717) is 31.6 Å². The molecule has 0 saturated carbocycles. The summed E-state index contributed by atoms with van der Waals surface area (Å²) in [6.07, 6.45) is 1.15. The van der Waals surface area contributed by atoms with Crippen molar-refractivity contribution in [3.63, 3.8) is 0 Å². The summed E-state index contributed by atoms with van der Waals surface area (Å²) < 4.78 is 6.15. The van der Waals surface area contributed by atoms with Crippen molar-refractivity contribution in [2.75, 3.05) is 13.2 Å². The Morgan fingerprint density at radius 1 is 1.41 bits per heavy atom. The summed E-state index contributed by atoms with van der Waals surface area (Å²) in [5.74, 6) is 0. The van der Waals surface area contributed by atoms with Crippen LogP contribution in [-0.4, -0.2) is 24.1 Å². The molecular weight excluding hydrogens is 280 g/mol. The van der Waals surface area contributed by atoms with Gasteiger partial charge < -0.3 is 14.8 Å². The van der Waals surface area contributed by atoms with Gasteiger partial charge in [-0.05, 0) is 31.9 Å². The maximum absolute atomic E-state index is 12.7. The molecule has 1 amide bonds. The molecule has 1 aliphatic rings. The number of aryl methyl sites for hydroxylation is 1. The van der Waals surface area contributed by atoms with E-state index in [9.17, 15) is 10.0 Å². The average molecular weight is 300 g/mol. The van der Waals surface area contributed by atoms with E-state index >= 15 is 0 Å². The molecule has 0 fully saturated rings. The number of fused-ring (bicyclic) bond motifs is 2. The second-order valence-electron chi connectivity index (χ2n) is 5.59. The maximum Gasteiger partial charge on any atom is 0.410 e. The van der Waals surface area contributed by atoms with Crippen molar-refractivity contribution in [3.05, 3.63) is 46.3 Å². The summed E-state index contributed by atoms with van der Waals surface area (Å²) in [5, 5.41) is 13.6. The van der Waals surface area contributed by atoms with Crippen LogP contribution in [0.25, 0.3) is 10.9 Å². The molecule has 1 aromatic heterocycles. The molecule has 1 aromatic carbocycles. The van der Waals surface area contributed by atoms with Crippen LogP contribution in [-0.2, 0) is 17.7 Å². The van der Waals surface area contributed by atoms with Gasteiger partial charge in [0.15, 0.2) is 5.69 Å². The largest absolute Gasteiger partial charge is 0.618 e. The van der Waals surface area contributed by atoms with Crippen molar-refractivity contribution in [1.82, 2.24) is 4.90 Å². The molecule has 116 valence electrons. The van der Waals surface area contributed by atoms with E-state index in [1.807, 2.05) is 31.2 Å². The van der Waals surface area contributed by atoms with E-state index < -0.39 is 0 Å². The third-order valence-electron chi connectivity index (χ3n) is 4.29. The molecular formula is C17H20N2O3. The van der Waals surface area contributed by atoms with Crippen LogP contribution >= 0.6 is 0 Å². The molecule has 1 aliphatic heterocycles. The number of pyridine rings is 1. The Bertz CT molecular complexity index is 727. The molecule has 2 aromatic rings. The number of para-hydroxylation sites is 1. The average Bonchev–Trinajstić information content (AvgIpc) is 2.76. The lowest BCUT2D eigenvalue weighted by Gasteiger charge is -2.20. The van der Waals surface area contributed by atoms with Crippen molar-refractivity contribution in [3.8, 4) is 0 Å². The Labute approximate surface area is 129 Å². The van der Waals surface area contributed by atoms with Gasteiger partial charge >= 0.3 is 6.09 Å². The van der Waals surface area contributed by atoms with E-state index in [-0.39, 0.29) is 6.09 Å². The highest BCUT2D eigenvalue weighted by atomic mass is 16.6. The Hall–Kier alpha value is -2.30. The van der Waals surface area contributed by atoms with Gasteiger partial charge in [-0.15, -0.1) is 0 Å². The number of aromatic nitrogens is 1. The molecule has 0 saturated heterocycles. The van der Waals surface area contributed by atoms with Crippen molar-refractivity contribution in [1.29, 1.82) is 0 Å². The van der Waals surface area contributed by atoms with Gasteiger partial charge in [0.2, 0.25) is 5.52 Å². The van der Waals surface area contributed by atoms with Crippen LogP contribution in [0.15, 0.2) is 24.3 Å². The number of ether oxygens (including phenoxy) is 1. The molecule has 22 heavy (non-hydrogen) atoms. The first-order valence-electron chi connectivity index (χ1n) is 7.67. The number of hydrogen-bond donors (Lipinski definition) is 0. The Balaban J connectivity index is 2.11. The van der Waals surface area contributed by atoms with Crippen molar-refractivity contribution in [2.45, 2.75) is 33.2 Å². The first-order chi connectivity index (χ1) is 10.6. The molecule has 0 radical (unpaired) electrons. The third kappa shape index (κ3) is 2.36. The van der Waals surface area contributed by atoms with Crippen molar-refractivity contribution in [2.24, 2.45) is 0 Å². The standard InChI is InChI=1S/C17H20N2O3/c1-3-22-17(20)18-10-6-9-16-14(11-18)12(2)13-7-4-5-8-15(13)19(16)21/h4-5,7-8H,3,6,9-11H2,1-2H3. The van der Waals surface area contributed by atoms with Gasteiger partial charge in [0.1, 0.15) is 0 Å². The lowest BCUT2D eigenvalue weighted by molar-refractivity contribution is -0.586. The van der Waals surface area contributed by atoms with E-state index in [1.54, 1.807) is 11.8 Å². The number of carbonyl (C=O) groups excluding carboxylic acids is 1. The molecule has 0 N–H and O–H groups in total. The highest BCUT2D eigenvalue weighted by molar-refractivity contribution is 5.81. The van der Waals surface area contributed by atoms with Gasteiger partial charge in [0.05, 0.1) is 18.5 Å². The molecule has 0 spiro atoms. The van der Waals surface area contributed by atoms with E-state index in [2.05, 4.69) is 0 Å². The topological polar surface area (TPSA) is 56.5 Å². The van der Waals surface area contributed by atoms with Gasteiger partial charge in [-0.3, -0.25) is 0 Å². The van der Waals surface area contributed by atoms with Crippen molar-refractivity contribution >= 4 is 17.0 Å². The summed E-state index contributed by atoms with van der Waals surface area (Å²) in [5.41, 5.74) is 3.51. The fourth-order valence-corrected chi connectivity index (χ4v) is 3.15. The fraction of sp³-hybridized carbons (Fsp3) is 0.412. The summed E-state index contributed by atoms with van der Waals surface area (Å²) in [6, 6.07) is 7.62. The Morgan fingerprint density at radius 3 is 2.95 bits per heavy atom. The highest BCUT2D eigenvalue weighted by Gasteiger charge is 2.27. The Morgan fingerprint density at radius 2 is 2.18 bits per heavy atom. The number of rotatable bonds is 1. The van der Waals surface area contributed by atoms with Gasteiger partial charge in [0.25, 0.3) is 0 Å². The van der Waals surface area contributed by atoms with Gasteiger partial charge in [-0.2, -0.15) is 4.73 Å². The zero-order valence-corrected chi connectivity index (χ0v) is 13.0. The SMILES string of the molecule is CCOC(=O)N1CCCc2c(c(C)c3ccccc3[n+]2[O-])C1. The van der Waals surface area contributed by atoms with E-state index in [1.165, 1.54) is 0 Å². The summed E-state index contributed by atoms with van der Waals surface area (Å²) in [4.78, 5) is 13.7. The van der Waals surface area contributed by atoms with Gasteiger partial charge in [-0.1, -0.05) is 12.1 Å². The Kier molecular flexibility index (Phi) is 3.88. The smallest absolute Gasteiger partial charge is 0.410 e. The highest BCUT2D eigenvalue weighted by Crippen LogP contribution is 2.26. The molecule has 5 heteroatoms. The molecule has 3 rings (SSSR count). The molecule has 2 heterocycles. The van der Waals surface area contributed by atoms with Crippen LogP contribution in [0.3, 0.4) is 0 Å². The summed E-state index contributed by atoms with van der Waals surface area (Å²) in [6.45, 7) is 5.24. The number of nitrogens with zero attached hydrogens (tertiary/aromatic N) is 2. The zero-order chi connectivity index (χ0) is 15.7. The zero-order valence-electron chi connectivity index (χ0n) is 13.0. The van der Waals surface area contributed by atoms with Crippen molar-refractivity contribution < 1.29 is 14.3 Å². The normalized spacial score (nSPS) is 14.5. The molecule has 0 atom stereocenters. The van der Waals surface area contributed by atoms with Crippen LogP contribution in [0.5, 0.6) is 0 Å². The molecule has 0 unspecified atom stereocenters. The number of hydrogen-bond acceptors (Lipinski definition) is 3. The number of benzene rings is 1. The quantitative estimate of drug-likeness (QED) is 0.601. The van der Waals surface area contributed by atoms with Crippen LogP contribution in [0, 0.1) is 12.1 Å². The minimum absolute atomic E-state index is 0.305. The van der Waals surface area contributed by atoms with E-state index in [0.717, 1.165) is 33.4 Å². The van der Waals surface area contributed by atoms with Crippen LogP contribution in [0.4, 0.5) is 4.79 Å². The predicted octanol–water partition coefficient (Wildman–Crippen LogP) is 2.69. The second-order valence-corrected chi connectivity index (χ2v) is 5.59. The lowest BCUT2D eigenvalue weighted by Crippen LogP contribution is -2.36. The minimum Gasteiger partial charge on any atom is -0.618 e. The van der Waals surface area contributed by atoms with Gasteiger partial charge in [-0.25, -0.2) is 4.79 Å². The number of carbonyl (C=O) groups is 1. The maximum atomic E-state index is 12.7. The second kappa shape index (κ2) is 5.83. The van der Waals surface area contributed by atoms with Gasteiger partial charge in [0, 0.05) is 24.6 Å². The molecule has 5 nitrogen and oxygen atoms in total. The first kappa shape index (κ1) is 14.6. The van der Waals surface area contributed by atoms with Crippen LogP contribution in [0.1, 0.15) is 30.2 Å². The monoisotopic (exact) mass is 300 g/mol. The summed E-state index contributed by atoms with van der Waals surface area (Å²) >= 11 is 0. The van der Waals surface area contributed by atoms with E-state index in [4.69, 9.17) is 4.74 Å². The predicted molar refractivity (Wildman–Crippen MR) is 83.4 cm³/mol. The third-order valence-corrected chi connectivity index (χ3v) is 4.29. The molecule has 0 bridgehead atoms. The first-order valence-corrected chi connectivity index (χ1v) is 7.67. The van der Waals surface area contributed by atoms with Crippen LogP contribution < -0.4 is 4.73 Å². The number of amides is 1. The summed E-state index contributed by atoms with van der Waals surface area (Å²) in [7, 11) is 0.